The van der Waals surface area contributed by atoms with Gasteiger partial charge in [-0.15, -0.1) is 0 Å². The van der Waals surface area contributed by atoms with Crippen LogP contribution in [0.15, 0.2) is 65.9 Å². The van der Waals surface area contributed by atoms with Crippen molar-refractivity contribution < 1.29 is 9.47 Å². The maximum absolute atomic E-state index is 5.76. The van der Waals surface area contributed by atoms with E-state index in [0.717, 1.165) is 30.2 Å². The van der Waals surface area contributed by atoms with Crippen LogP contribution in [-0.4, -0.2) is 36.0 Å². The predicted octanol–water partition coefficient (Wildman–Crippen LogP) is 3.28. The fourth-order valence-electron chi connectivity index (χ4n) is 3.16. The molecule has 0 amide bonds. The predicted molar refractivity (Wildman–Crippen MR) is 114 cm³/mol. The number of hydrogen-bond acceptors (Lipinski definition) is 4. The average molecular weight is 391 g/mol. The van der Waals surface area contributed by atoms with Gasteiger partial charge in [-0.3, -0.25) is 9.67 Å². The third-order valence-electron chi connectivity index (χ3n) is 4.59. The highest BCUT2D eigenvalue weighted by Gasteiger charge is 2.11. The van der Waals surface area contributed by atoms with Gasteiger partial charge in [0.2, 0.25) is 0 Å². The van der Waals surface area contributed by atoms with Crippen LogP contribution in [0.5, 0.6) is 11.5 Å². The Morgan fingerprint density at radius 1 is 1.07 bits per heavy atom. The Morgan fingerprint density at radius 3 is 2.76 bits per heavy atom. The Morgan fingerprint density at radius 2 is 1.93 bits per heavy atom. The SMILES string of the molecule is CN=C(NCc1cccc(Cn2cccn2)c1)Nc1ccc2c(c1)OCCCO2. The van der Waals surface area contributed by atoms with Crippen molar-refractivity contribution in [2.24, 2.45) is 4.99 Å². The van der Waals surface area contributed by atoms with Crippen molar-refractivity contribution in [1.82, 2.24) is 15.1 Å². The molecule has 29 heavy (non-hydrogen) atoms. The molecule has 2 heterocycles. The zero-order chi connectivity index (χ0) is 19.9. The van der Waals surface area contributed by atoms with Gasteiger partial charge >= 0.3 is 0 Å². The Balaban J connectivity index is 1.37. The lowest BCUT2D eigenvalue weighted by atomic mass is 10.1. The minimum atomic E-state index is 0.664. The summed E-state index contributed by atoms with van der Waals surface area (Å²) in [6, 6.07) is 16.2. The molecule has 0 aliphatic carbocycles. The molecule has 7 nitrogen and oxygen atoms in total. The highest BCUT2D eigenvalue weighted by atomic mass is 16.5. The van der Waals surface area contributed by atoms with E-state index in [1.807, 2.05) is 35.1 Å². The van der Waals surface area contributed by atoms with Crippen LogP contribution in [0.2, 0.25) is 0 Å². The molecule has 1 aliphatic rings. The third-order valence-corrected chi connectivity index (χ3v) is 4.59. The van der Waals surface area contributed by atoms with Crippen molar-refractivity contribution in [1.29, 1.82) is 0 Å². The summed E-state index contributed by atoms with van der Waals surface area (Å²) in [4.78, 5) is 4.32. The van der Waals surface area contributed by atoms with Crippen LogP contribution in [0.3, 0.4) is 0 Å². The maximum Gasteiger partial charge on any atom is 0.195 e. The molecule has 7 heteroatoms. The Hall–Kier alpha value is -3.48. The van der Waals surface area contributed by atoms with Gasteiger partial charge in [0.1, 0.15) is 0 Å². The minimum absolute atomic E-state index is 0.664. The Kier molecular flexibility index (Phi) is 5.95. The van der Waals surface area contributed by atoms with Crippen LogP contribution in [0.1, 0.15) is 17.5 Å². The van der Waals surface area contributed by atoms with Gasteiger partial charge in [0.15, 0.2) is 17.5 Å². The average Bonchev–Trinajstić information content (AvgIpc) is 3.14. The zero-order valence-electron chi connectivity index (χ0n) is 16.5. The van der Waals surface area contributed by atoms with Crippen molar-refractivity contribution in [2.75, 3.05) is 25.6 Å². The lowest BCUT2D eigenvalue weighted by Crippen LogP contribution is -2.30. The second-order valence-electron chi connectivity index (χ2n) is 6.79. The summed E-state index contributed by atoms with van der Waals surface area (Å²) >= 11 is 0. The van der Waals surface area contributed by atoms with Gasteiger partial charge in [-0.1, -0.05) is 24.3 Å². The van der Waals surface area contributed by atoms with Crippen molar-refractivity contribution in [2.45, 2.75) is 19.5 Å². The molecule has 0 saturated carbocycles. The summed E-state index contributed by atoms with van der Waals surface area (Å²) in [5, 5.41) is 10.9. The molecule has 0 spiro atoms. The lowest BCUT2D eigenvalue weighted by Gasteiger charge is -2.14. The van der Waals surface area contributed by atoms with E-state index in [4.69, 9.17) is 9.47 Å². The quantitative estimate of drug-likeness (QED) is 0.516. The van der Waals surface area contributed by atoms with Crippen LogP contribution in [-0.2, 0) is 13.1 Å². The highest BCUT2D eigenvalue weighted by Crippen LogP contribution is 2.32. The summed E-state index contributed by atoms with van der Waals surface area (Å²) < 4.78 is 13.4. The van der Waals surface area contributed by atoms with Crippen molar-refractivity contribution in [3.8, 4) is 11.5 Å². The van der Waals surface area contributed by atoms with Gasteiger partial charge in [-0.25, -0.2) is 0 Å². The molecule has 2 N–H and O–H groups in total. The van der Waals surface area contributed by atoms with Crippen LogP contribution < -0.4 is 20.1 Å². The van der Waals surface area contributed by atoms with Crippen molar-refractivity contribution in [3.05, 3.63) is 72.1 Å². The Bertz CT molecular complexity index is 969. The molecule has 0 radical (unpaired) electrons. The van der Waals surface area contributed by atoms with Gasteiger partial charge in [-0.2, -0.15) is 5.10 Å². The molecule has 3 aromatic rings. The molecule has 0 bridgehead atoms. The smallest absolute Gasteiger partial charge is 0.195 e. The number of fused-ring (bicyclic) bond motifs is 1. The topological polar surface area (TPSA) is 72.7 Å². The lowest BCUT2D eigenvalue weighted by molar-refractivity contribution is 0.297. The standard InChI is InChI=1S/C22H25N5O2/c1-23-22(26-19-7-8-20-21(14-19)29-12-4-11-28-20)24-15-17-5-2-6-18(13-17)16-27-10-3-9-25-27/h2-3,5-10,13-14H,4,11-12,15-16H2,1H3,(H2,23,24,26). The molecule has 0 fully saturated rings. The second-order valence-corrected chi connectivity index (χ2v) is 6.79. The van der Waals surface area contributed by atoms with Crippen molar-refractivity contribution >= 4 is 11.6 Å². The van der Waals surface area contributed by atoms with E-state index < -0.39 is 0 Å². The van der Waals surface area contributed by atoms with E-state index in [2.05, 4.69) is 45.0 Å². The molecule has 150 valence electrons. The summed E-state index contributed by atoms with van der Waals surface area (Å²) in [5.41, 5.74) is 3.28. The van der Waals surface area contributed by atoms with Crippen molar-refractivity contribution in [3.63, 3.8) is 0 Å². The first-order valence-electron chi connectivity index (χ1n) is 9.73. The van der Waals surface area contributed by atoms with Gasteiger partial charge in [0, 0.05) is 44.2 Å². The molecule has 0 atom stereocenters. The summed E-state index contributed by atoms with van der Waals surface area (Å²) in [5.74, 6) is 2.23. The van der Waals surface area contributed by atoms with Gasteiger partial charge < -0.3 is 20.1 Å². The molecule has 1 aliphatic heterocycles. The first kappa shape index (κ1) is 18.9. The third kappa shape index (κ3) is 5.07. The zero-order valence-corrected chi connectivity index (χ0v) is 16.5. The number of benzene rings is 2. The van der Waals surface area contributed by atoms with E-state index >= 15 is 0 Å². The van der Waals surface area contributed by atoms with E-state index in [1.165, 1.54) is 11.1 Å². The minimum Gasteiger partial charge on any atom is -0.490 e. The molecule has 0 saturated heterocycles. The first-order valence-corrected chi connectivity index (χ1v) is 9.73. The number of anilines is 1. The number of hydrogen-bond donors (Lipinski definition) is 2. The molecule has 0 unspecified atom stereocenters. The van der Waals surface area contributed by atoms with E-state index in [0.29, 0.717) is 25.7 Å². The molecular weight excluding hydrogens is 366 g/mol. The summed E-state index contributed by atoms with van der Waals surface area (Å²) in [6.45, 7) is 2.77. The molecule has 2 aromatic carbocycles. The number of aliphatic imine (C=N–C) groups is 1. The molecular formula is C22H25N5O2. The van der Waals surface area contributed by atoms with Gasteiger partial charge in [0.05, 0.1) is 19.8 Å². The number of guanidine groups is 1. The monoisotopic (exact) mass is 391 g/mol. The fraction of sp³-hybridized carbons (Fsp3) is 0.273. The maximum atomic E-state index is 5.76. The van der Waals surface area contributed by atoms with Crippen LogP contribution in [0, 0.1) is 0 Å². The van der Waals surface area contributed by atoms with Gasteiger partial charge in [0.25, 0.3) is 0 Å². The summed E-state index contributed by atoms with van der Waals surface area (Å²) in [6.07, 6.45) is 4.65. The van der Waals surface area contributed by atoms with E-state index in [9.17, 15) is 0 Å². The van der Waals surface area contributed by atoms with Gasteiger partial charge in [-0.05, 0) is 29.3 Å². The fourth-order valence-corrected chi connectivity index (χ4v) is 3.16. The number of rotatable bonds is 5. The highest BCUT2D eigenvalue weighted by molar-refractivity contribution is 5.93. The first-order chi connectivity index (χ1) is 14.3. The number of aromatic nitrogens is 2. The van der Waals surface area contributed by atoms with Crippen LogP contribution in [0.4, 0.5) is 5.69 Å². The molecule has 1 aromatic heterocycles. The molecule has 4 rings (SSSR count). The summed E-state index contributed by atoms with van der Waals surface area (Å²) in [7, 11) is 1.76. The number of ether oxygens (including phenoxy) is 2. The van der Waals surface area contributed by atoms with Crippen LogP contribution >= 0.6 is 0 Å². The largest absolute Gasteiger partial charge is 0.490 e. The normalized spacial score (nSPS) is 13.6. The van der Waals surface area contributed by atoms with E-state index in [-0.39, 0.29) is 0 Å². The number of nitrogens with one attached hydrogen (secondary N) is 2. The van der Waals surface area contributed by atoms with Crippen LogP contribution in [0.25, 0.3) is 0 Å². The van der Waals surface area contributed by atoms with E-state index in [1.54, 1.807) is 13.2 Å². The second kappa shape index (κ2) is 9.14. The Labute approximate surface area is 170 Å². The number of nitrogens with zero attached hydrogens (tertiary/aromatic N) is 3.